The van der Waals surface area contributed by atoms with Crippen LogP contribution in [-0.4, -0.2) is 37.2 Å². The molecule has 0 amide bonds. The van der Waals surface area contributed by atoms with Gasteiger partial charge in [-0.15, -0.1) is 0 Å². The first-order chi connectivity index (χ1) is 36.0. The summed E-state index contributed by atoms with van der Waals surface area (Å²) in [5.74, 6) is -0.851. The van der Waals surface area contributed by atoms with E-state index in [1.807, 2.05) is 0 Å². The van der Waals surface area contributed by atoms with E-state index in [-0.39, 0.29) is 31.1 Å². The van der Waals surface area contributed by atoms with Crippen LogP contribution in [0.5, 0.6) is 0 Å². The summed E-state index contributed by atoms with van der Waals surface area (Å²) in [6.07, 6.45) is 74.7. The van der Waals surface area contributed by atoms with Gasteiger partial charge >= 0.3 is 17.9 Å². The minimum atomic E-state index is -0.773. The summed E-state index contributed by atoms with van der Waals surface area (Å²) >= 11 is 0. The lowest BCUT2D eigenvalue weighted by Crippen LogP contribution is -2.30. The minimum absolute atomic E-state index is 0.0695. The summed E-state index contributed by atoms with van der Waals surface area (Å²) in [5, 5.41) is 0. The summed E-state index contributed by atoms with van der Waals surface area (Å²) in [6, 6.07) is 0. The molecular formula is C67H126O6. The van der Waals surface area contributed by atoms with Crippen LogP contribution >= 0.6 is 0 Å². The van der Waals surface area contributed by atoms with Gasteiger partial charge in [0.05, 0.1) is 0 Å². The third-order valence-electron chi connectivity index (χ3n) is 14.9. The van der Waals surface area contributed by atoms with Crippen LogP contribution in [0, 0.1) is 0 Å². The number of hydrogen-bond acceptors (Lipinski definition) is 6. The topological polar surface area (TPSA) is 78.9 Å². The normalized spacial score (nSPS) is 12.1. The Morgan fingerprint density at radius 2 is 0.452 bits per heavy atom. The van der Waals surface area contributed by atoms with E-state index in [2.05, 4.69) is 45.1 Å². The molecule has 0 aliphatic heterocycles. The first-order valence-corrected chi connectivity index (χ1v) is 32.8. The van der Waals surface area contributed by atoms with Crippen LogP contribution in [0.4, 0.5) is 0 Å². The van der Waals surface area contributed by atoms with Crippen LogP contribution in [0.25, 0.3) is 0 Å². The Hall–Kier alpha value is -2.11. The third-order valence-corrected chi connectivity index (χ3v) is 14.9. The smallest absolute Gasteiger partial charge is 0.306 e. The van der Waals surface area contributed by atoms with Crippen molar-refractivity contribution in [3.05, 3.63) is 24.3 Å². The number of hydrogen-bond donors (Lipinski definition) is 0. The molecule has 6 nitrogen and oxygen atoms in total. The number of allylic oxidation sites excluding steroid dienone is 4. The maximum absolute atomic E-state index is 12.9. The first kappa shape index (κ1) is 70.9. The predicted molar refractivity (Wildman–Crippen MR) is 316 cm³/mol. The van der Waals surface area contributed by atoms with E-state index in [4.69, 9.17) is 14.2 Å². The van der Waals surface area contributed by atoms with Crippen molar-refractivity contribution in [1.29, 1.82) is 0 Å². The second-order valence-electron chi connectivity index (χ2n) is 22.4. The Balaban J connectivity index is 4.28. The molecule has 0 rings (SSSR count). The molecule has 0 bridgehead atoms. The first-order valence-electron chi connectivity index (χ1n) is 32.8. The van der Waals surface area contributed by atoms with Crippen molar-refractivity contribution in [2.75, 3.05) is 13.2 Å². The highest BCUT2D eigenvalue weighted by molar-refractivity contribution is 5.71. The molecule has 0 aromatic heterocycles. The molecule has 0 aromatic carbocycles. The maximum atomic E-state index is 12.9. The van der Waals surface area contributed by atoms with E-state index < -0.39 is 6.10 Å². The molecule has 6 heteroatoms. The molecule has 0 aromatic rings. The molecule has 0 aliphatic rings. The van der Waals surface area contributed by atoms with E-state index >= 15 is 0 Å². The van der Waals surface area contributed by atoms with Crippen molar-refractivity contribution in [2.24, 2.45) is 0 Å². The number of esters is 3. The van der Waals surface area contributed by atoms with E-state index in [1.54, 1.807) is 0 Å². The highest BCUT2D eigenvalue weighted by Crippen LogP contribution is 2.18. The van der Waals surface area contributed by atoms with Crippen molar-refractivity contribution < 1.29 is 28.6 Å². The Bertz CT molecular complexity index is 1180. The maximum Gasteiger partial charge on any atom is 0.306 e. The van der Waals surface area contributed by atoms with Gasteiger partial charge in [0.1, 0.15) is 13.2 Å². The monoisotopic (exact) mass is 1030 g/mol. The second kappa shape index (κ2) is 62.4. The van der Waals surface area contributed by atoms with Gasteiger partial charge in [-0.1, -0.05) is 302 Å². The molecule has 0 heterocycles. The van der Waals surface area contributed by atoms with Gasteiger partial charge in [0, 0.05) is 19.3 Å². The molecule has 0 N–H and O–H groups in total. The number of unbranched alkanes of at least 4 members (excludes halogenated alkanes) is 46. The van der Waals surface area contributed by atoms with Crippen molar-refractivity contribution in [1.82, 2.24) is 0 Å². The highest BCUT2D eigenvalue weighted by Gasteiger charge is 2.19. The van der Waals surface area contributed by atoms with E-state index in [0.29, 0.717) is 19.3 Å². The highest BCUT2D eigenvalue weighted by atomic mass is 16.6. The standard InChI is InChI=1S/C67H126O6/c1-4-7-10-13-16-19-22-25-28-31-32-33-34-35-36-37-40-42-45-48-51-54-57-60-66(69)72-63-64(73-67(70)61-58-55-52-49-46-43-39-30-27-24-21-18-15-12-9-6-3)62-71-65(68)59-56-53-50-47-44-41-38-29-26-23-20-17-14-11-8-5-2/h30-32,39,64H,4-29,33-38,40-63H2,1-3H3/b32-31-,39-30-. The van der Waals surface area contributed by atoms with E-state index in [0.717, 1.165) is 64.2 Å². The lowest BCUT2D eigenvalue weighted by atomic mass is 10.0. The van der Waals surface area contributed by atoms with Crippen LogP contribution in [-0.2, 0) is 28.6 Å². The summed E-state index contributed by atoms with van der Waals surface area (Å²) < 4.78 is 17.0. The van der Waals surface area contributed by atoms with Crippen molar-refractivity contribution in [2.45, 2.75) is 374 Å². The Morgan fingerprint density at radius 3 is 0.685 bits per heavy atom. The summed E-state index contributed by atoms with van der Waals surface area (Å²) in [5.41, 5.74) is 0. The molecule has 0 radical (unpaired) electrons. The van der Waals surface area contributed by atoms with Gasteiger partial charge in [-0.05, 0) is 70.6 Å². The fraction of sp³-hybridized carbons (Fsp3) is 0.896. The number of carbonyl (C=O) groups excluding carboxylic acids is 3. The molecule has 1 unspecified atom stereocenters. The molecule has 0 saturated heterocycles. The zero-order valence-electron chi connectivity index (χ0n) is 49.4. The van der Waals surface area contributed by atoms with Gasteiger partial charge in [-0.2, -0.15) is 0 Å². The molecule has 1 atom stereocenters. The zero-order chi connectivity index (χ0) is 52.9. The van der Waals surface area contributed by atoms with E-state index in [9.17, 15) is 14.4 Å². The van der Waals surface area contributed by atoms with Crippen molar-refractivity contribution >= 4 is 17.9 Å². The van der Waals surface area contributed by atoms with Gasteiger partial charge in [-0.3, -0.25) is 14.4 Å². The number of ether oxygens (including phenoxy) is 3. The molecule has 0 aliphatic carbocycles. The fourth-order valence-corrected chi connectivity index (χ4v) is 9.97. The van der Waals surface area contributed by atoms with Gasteiger partial charge in [-0.25, -0.2) is 0 Å². The fourth-order valence-electron chi connectivity index (χ4n) is 9.97. The van der Waals surface area contributed by atoms with Gasteiger partial charge in [0.15, 0.2) is 6.10 Å². The van der Waals surface area contributed by atoms with Gasteiger partial charge < -0.3 is 14.2 Å². The molecule has 0 spiro atoms. The molecule has 0 saturated carbocycles. The second-order valence-corrected chi connectivity index (χ2v) is 22.4. The van der Waals surface area contributed by atoms with Gasteiger partial charge in [0.25, 0.3) is 0 Å². The summed E-state index contributed by atoms with van der Waals surface area (Å²) in [7, 11) is 0. The van der Waals surface area contributed by atoms with Gasteiger partial charge in [0.2, 0.25) is 0 Å². The van der Waals surface area contributed by atoms with Crippen LogP contribution in [0.3, 0.4) is 0 Å². The molecule has 430 valence electrons. The zero-order valence-corrected chi connectivity index (χ0v) is 49.4. The van der Waals surface area contributed by atoms with Crippen LogP contribution < -0.4 is 0 Å². The van der Waals surface area contributed by atoms with E-state index in [1.165, 1.54) is 263 Å². The lowest BCUT2D eigenvalue weighted by molar-refractivity contribution is -0.167. The largest absolute Gasteiger partial charge is 0.462 e. The van der Waals surface area contributed by atoms with Crippen LogP contribution in [0.1, 0.15) is 367 Å². The Morgan fingerprint density at radius 1 is 0.260 bits per heavy atom. The quantitative estimate of drug-likeness (QED) is 0.0261. The minimum Gasteiger partial charge on any atom is -0.462 e. The third kappa shape index (κ3) is 60.6. The average molecular weight is 1030 g/mol. The van der Waals surface area contributed by atoms with Crippen molar-refractivity contribution in [3.63, 3.8) is 0 Å². The lowest BCUT2D eigenvalue weighted by Gasteiger charge is -2.18. The SMILES string of the molecule is CCCCCCCCC/C=C\CCCCCCCC(=O)OC(COC(=O)CCCCCCCCCCCCC/C=C\CCCCCCCCCC)COC(=O)CCCCCCCCCCCCCCCCCC. The van der Waals surface area contributed by atoms with Crippen LogP contribution in [0.15, 0.2) is 24.3 Å². The Labute approximate surface area is 455 Å². The Kier molecular flexibility index (Phi) is 60.6. The predicted octanol–water partition coefficient (Wildman–Crippen LogP) is 22.2. The summed E-state index contributed by atoms with van der Waals surface area (Å²) in [6.45, 7) is 6.70. The van der Waals surface area contributed by atoms with Crippen LogP contribution in [0.2, 0.25) is 0 Å². The van der Waals surface area contributed by atoms with Crippen molar-refractivity contribution in [3.8, 4) is 0 Å². The number of carbonyl (C=O) groups is 3. The molecular weight excluding hydrogens is 901 g/mol. The molecule has 0 fully saturated rings. The molecule has 73 heavy (non-hydrogen) atoms. The number of rotatable bonds is 61. The average Bonchev–Trinajstić information content (AvgIpc) is 3.39. The summed E-state index contributed by atoms with van der Waals surface area (Å²) in [4.78, 5) is 38.3.